The fourth-order valence-electron chi connectivity index (χ4n) is 3.33. The Kier molecular flexibility index (Phi) is 6.82. The van der Waals surface area contributed by atoms with Gasteiger partial charge in [-0.2, -0.15) is 4.31 Å². The summed E-state index contributed by atoms with van der Waals surface area (Å²) in [6.07, 6.45) is 0.450. The molecule has 1 fully saturated rings. The Morgan fingerprint density at radius 3 is 2.00 bits per heavy atom. The molecule has 1 aliphatic rings. The van der Waals surface area contributed by atoms with Crippen LogP contribution >= 0.6 is 0 Å². The summed E-state index contributed by atoms with van der Waals surface area (Å²) in [4.78, 5) is 14.6. The molecule has 0 radical (unpaired) electrons. The van der Waals surface area contributed by atoms with Gasteiger partial charge in [0.2, 0.25) is 10.0 Å². The number of sulfonamides is 1. The number of hydrogen-bond acceptors (Lipinski definition) is 5. The van der Waals surface area contributed by atoms with E-state index in [2.05, 4.69) is 0 Å². The molecule has 0 N–H and O–H groups in total. The first-order valence-corrected chi connectivity index (χ1v) is 12.9. The van der Waals surface area contributed by atoms with Crippen LogP contribution in [0.25, 0.3) is 0 Å². The summed E-state index contributed by atoms with van der Waals surface area (Å²) < 4.78 is 64.6. The summed E-state index contributed by atoms with van der Waals surface area (Å²) in [7, 11) is -7.21. The molecule has 2 aromatic carbocycles. The fraction of sp³-hybridized carbons (Fsp3) is 0.381. The molecule has 0 spiro atoms. The molecule has 2 aromatic rings. The highest BCUT2D eigenvalue weighted by Crippen LogP contribution is 2.20. The number of sulfone groups is 1. The second-order valence-electron chi connectivity index (χ2n) is 7.62. The van der Waals surface area contributed by atoms with Gasteiger partial charge in [0.25, 0.3) is 5.91 Å². The van der Waals surface area contributed by atoms with Gasteiger partial charge in [0, 0.05) is 31.7 Å². The Morgan fingerprint density at radius 2 is 1.42 bits per heavy atom. The van der Waals surface area contributed by atoms with Crippen molar-refractivity contribution in [1.29, 1.82) is 0 Å². The SMILES string of the molecule is CC(C)S(=O)(=O)c1ccc(C(=O)N2CCCN(S(=O)(=O)c3ccc(F)cc3)CC2)cc1. The van der Waals surface area contributed by atoms with E-state index < -0.39 is 30.9 Å². The maximum absolute atomic E-state index is 13.1. The van der Waals surface area contributed by atoms with E-state index in [1.165, 1.54) is 40.7 Å². The van der Waals surface area contributed by atoms with Crippen LogP contribution in [-0.2, 0) is 19.9 Å². The molecular weight excluding hydrogens is 443 g/mol. The molecule has 1 saturated heterocycles. The number of nitrogens with zero attached hydrogens (tertiary/aromatic N) is 2. The lowest BCUT2D eigenvalue weighted by molar-refractivity contribution is 0.0764. The summed E-state index contributed by atoms with van der Waals surface area (Å²) >= 11 is 0. The Morgan fingerprint density at radius 1 is 0.839 bits per heavy atom. The van der Waals surface area contributed by atoms with Crippen LogP contribution in [0.2, 0.25) is 0 Å². The number of benzene rings is 2. The first kappa shape index (κ1) is 23.4. The summed E-state index contributed by atoms with van der Waals surface area (Å²) in [6.45, 7) is 4.13. The van der Waals surface area contributed by atoms with Gasteiger partial charge in [-0.05, 0) is 68.8 Å². The second-order valence-corrected chi connectivity index (χ2v) is 12.1. The monoisotopic (exact) mass is 468 g/mol. The van der Waals surface area contributed by atoms with Gasteiger partial charge in [0.1, 0.15) is 5.82 Å². The molecule has 0 bridgehead atoms. The maximum atomic E-state index is 13.1. The third-order valence-electron chi connectivity index (χ3n) is 5.24. The van der Waals surface area contributed by atoms with Crippen LogP contribution in [-0.4, -0.2) is 63.4 Å². The normalized spacial score (nSPS) is 16.3. The van der Waals surface area contributed by atoms with E-state index >= 15 is 0 Å². The van der Waals surface area contributed by atoms with Crippen molar-refractivity contribution in [1.82, 2.24) is 9.21 Å². The topological polar surface area (TPSA) is 91.8 Å². The van der Waals surface area contributed by atoms with Crippen LogP contribution in [0.3, 0.4) is 0 Å². The molecule has 0 unspecified atom stereocenters. The molecule has 0 saturated carbocycles. The van der Waals surface area contributed by atoms with Crippen molar-refractivity contribution in [3.8, 4) is 0 Å². The van der Waals surface area contributed by atoms with Crippen molar-refractivity contribution in [2.45, 2.75) is 35.3 Å². The van der Waals surface area contributed by atoms with Crippen molar-refractivity contribution in [3.05, 3.63) is 59.9 Å². The second kappa shape index (κ2) is 9.05. The van der Waals surface area contributed by atoms with Gasteiger partial charge in [-0.25, -0.2) is 21.2 Å². The lowest BCUT2D eigenvalue weighted by Crippen LogP contribution is -2.37. The van der Waals surface area contributed by atoms with Gasteiger partial charge >= 0.3 is 0 Å². The van der Waals surface area contributed by atoms with E-state index in [9.17, 15) is 26.0 Å². The van der Waals surface area contributed by atoms with Crippen LogP contribution in [0.4, 0.5) is 4.39 Å². The predicted molar refractivity (Wildman–Crippen MR) is 114 cm³/mol. The number of halogens is 1. The molecule has 0 atom stereocenters. The molecule has 10 heteroatoms. The summed E-state index contributed by atoms with van der Waals surface area (Å²) in [5, 5.41) is -0.561. The molecule has 1 heterocycles. The molecule has 7 nitrogen and oxygen atoms in total. The highest BCUT2D eigenvalue weighted by atomic mass is 32.2. The zero-order valence-corrected chi connectivity index (χ0v) is 19.0. The van der Waals surface area contributed by atoms with Crippen molar-refractivity contribution in [2.24, 2.45) is 0 Å². The van der Waals surface area contributed by atoms with Gasteiger partial charge in [-0.15, -0.1) is 0 Å². The van der Waals surface area contributed by atoms with Crippen molar-refractivity contribution < 1.29 is 26.0 Å². The van der Waals surface area contributed by atoms with Crippen LogP contribution in [0.5, 0.6) is 0 Å². The van der Waals surface area contributed by atoms with Crippen molar-refractivity contribution in [3.63, 3.8) is 0 Å². The fourth-order valence-corrected chi connectivity index (χ4v) is 5.86. The van der Waals surface area contributed by atoms with Crippen LogP contribution < -0.4 is 0 Å². The van der Waals surface area contributed by atoms with E-state index in [0.29, 0.717) is 18.5 Å². The number of carbonyl (C=O) groups excluding carboxylic acids is 1. The molecule has 0 aromatic heterocycles. The first-order valence-electron chi connectivity index (χ1n) is 9.92. The van der Waals surface area contributed by atoms with Crippen LogP contribution in [0, 0.1) is 5.82 Å². The molecule has 168 valence electrons. The van der Waals surface area contributed by atoms with Crippen molar-refractivity contribution in [2.75, 3.05) is 26.2 Å². The van der Waals surface area contributed by atoms with E-state index in [-0.39, 0.29) is 35.3 Å². The largest absolute Gasteiger partial charge is 0.337 e. The molecule has 1 aliphatic heterocycles. The standard InChI is InChI=1S/C21H25FN2O5S2/c1-16(2)30(26,27)19-8-4-17(5-9-19)21(25)23-12-3-13-24(15-14-23)31(28,29)20-10-6-18(22)7-11-20/h4-11,16H,3,12-15H2,1-2H3. The molecule has 31 heavy (non-hydrogen) atoms. The quantitative estimate of drug-likeness (QED) is 0.673. The maximum Gasteiger partial charge on any atom is 0.253 e. The first-order chi connectivity index (χ1) is 14.5. The van der Waals surface area contributed by atoms with E-state index in [4.69, 9.17) is 0 Å². The summed E-state index contributed by atoms with van der Waals surface area (Å²) in [6, 6.07) is 10.5. The lowest BCUT2D eigenvalue weighted by atomic mass is 10.2. The van der Waals surface area contributed by atoms with Gasteiger partial charge in [-0.1, -0.05) is 0 Å². The summed E-state index contributed by atoms with van der Waals surface area (Å²) in [5.74, 6) is -0.798. The van der Waals surface area contributed by atoms with Gasteiger partial charge < -0.3 is 4.90 Å². The molecule has 0 aliphatic carbocycles. The average molecular weight is 469 g/mol. The average Bonchev–Trinajstić information content (AvgIpc) is 3.00. The molecule has 1 amide bonds. The Bertz CT molecular complexity index is 1150. The predicted octanol–water partition coefficient (Wildman–Crippen LogP) is 2.54. The Labute approximate surface area is 182 Å². The highest BCUT2D eigenvalue weighted by molar-refractivity contribution is 7.92. The number of hydrogen-bond donors (Lipinski definition) is 0. The molecular formula is C21H25FN2O5S2. The number of amides is 1. The third kappa shape index (κ3) is 4.97. The molecule has 3 rings (SSSR count). The van der Waals surface area contributed by atoms with E-state index in [1.54, 1.807) is 18.7 Å². The van der Waals surface area contributed by atoms with Gasteiger partial charge in [0.15, 0.2) is 9.84 Å². The lowest BCUT2D eigenvalue weighted by Gasteiger charge is -2.22. The van der Waals surface area contributed by atoms with Crippen LogP contribution in [0.1, 0.15) is 30.6 Å². The van der Waals surface area contributed by atoms with Crippen LogP contribution in [0.15, 0.2) is 58.3 Å². The Hall–Kier alpha value is -2.30. The number of rotatable bonds is 5. The third-order valence-corrected chi connectivity index (χ3v) is 9.33. The minimum absolute atomic E-state index is 0.00984. The minimum Gasteiger partial charge on any atom is -0.337 e. The number of carbonyl (C=O) groups is 1. The smallest absolute Gasteiger partial charge is 0.253 e. The zero-order valence-electron chi connectivity index (χ0n) is 17.4. The van der Waals surface area contributed by atoms with Gasteiger partial charge in [-0.3, -0.25) is 4.79 Å². The highest BCUT2D eigenvalue weighted by Gasteiger charge is 2.29. The van der Waals surface area contributed by atoms with E-state index in [1.807, 2.05) is 0 Å². The minimum atomic E-state index is -3.78. The zero-order chi connectivity index (χ0) is 22.8. The van der Waals surface area contributed by atoms with E-state index in [0.717, 1.165) is 12.1 Å². The summed E-state index contributed by atoms with van der Waals surface area (Å²) in [5.41, 5.74) is 0.345. The Balaban J connectivity index is 1.72. The van der Waals surface area contributed by atoms with Crippen molar-refractivity contribution >= 4 is 25.8 Å². The van der Waals surface area contributed by atoms with Gasteiger partial charge in [0.05, 0.1) is 15.0 Å².